The summed E-state index contributed by atoms with van der Waals surface area (Å²) < 4.78 is 0. The first-order valence-electron chi connectivity index (χ1n) is 5.42. The molecule has 0 saturated heterocycles. The molecule has 1 aromatic heterocycles. The molecule has 0 aliphatic heterocycles. The van der Waals surface area contributed by atoms with E-state index in [1.165, 1.54) is 0 Å². The summed E-state index contributed by atoms with van der Waals surface area (Å²) in [5.41, 5.74) is 7.07. The van der Waals surface area contributed by atoms with Gasteiger partial charge in [-0.3, -0.25) is 9.88 Å². The Bertz CT molecular complexity index is 282. The predicted octanol–water partition coefficient (Wildman–Crippen LogP) is 1.81. The van der Waals surface area contributed by atoms with Crippen LogP contribution in [0, 0.1) is 0 Å². The van der Waals surface area contributed by atoms with Crippen molar-refractivity contribution in [3.63, 3.8) is 0 Å². The Morgan fingerprint density at radius 2 is 1.93 bits per heavy atom. The number of hydrogen-bond acceptors (Lipinski definition) is 3. The van der Waals surface area contributed by atoms with E-state index in [1.807, 2.05) is 31.3 Å². The van der Waals surface area contributed by atoms with E-state index in [1.54, 1.807) is 0 Å². The van der Waals surface area contributed by atoms with Gasteiger partial charge < -0.3 is 5.73 Å². The largest absolute Gasteiger partial charge is 0.326 e. The average Bonchev–Trinajstić information content (AvgIpc) is 2.18. The highest BCUT2D eigenvalue weighted by Crippen LogP contribution is 2.21. The zero-order chi connectivity index (χ0) is 11.4. The average molecular weight is 207 g/mol. The Labute approximate surface area is 92.3 Å². The van der Waals surface area contributed by atoms with Crippen LogP contribution in [0.3, 0.4) is 0 Å². The topological polar surface area (TPSA) is 42.1 Å². The van der Waals surface area contributed by atoms with E-state index in [0.29, 0.717) is 6.04 Å². The van der Waals surface area contributed by atoms with E-state index in [4.69, 9.17) is 5.73 Å². The van der Waals surface area contributed by atoms with Gasteiger partial charge in [-0.1, -0.05) is 6.07 Å². The highest BCUT2D eigenvalue weighted by molar-refractivity contribution is 5.11. The van der Waals surface area contributed by atoms with Gasteiger partial charge in [-0.15, -0.1) is 0 Å². The normalized spacial score (nSPS) is 15.7. The summed E-state index contributed by atoms with van der Waals surface area (Å²) in [5, 5.41) is 0. The first kappa shape index (κ1) is 12.1. The predicted molar refractivity (Wildman–Crippen MR) is 63.5 cm³/mol. The fourth-order valence-electron chi connectivity index (χ4n) is 1.72. The van der Waals surface area contributed by atoms with Crippen LogP contribution < -0.4 is 5.73 Å². The summed E-state index contributed by atoms with van der Waals surface area (Å²) in [5.74, 6) is 0. The number of likely N-dealkylation sites (N-methyl/N-ethyl adjacent to an activating group) is 1. The van der Waals surface area contributed by atoms with Crippen molar-refractivity contribution in [2.24, 2.45) is 5.73 Å². The van der Waals surface area contributed by atoms with E-state index in [2.05, 4.69) is 30.8 Å². The van der Waals surface area contributed by atoms with E-state index in [9.17, 15) is 0 Å². The fraction of sp³-hybridized carbons (Fsp3) is 0.583. The summed E-state index contributed by atoms with van der Waals surface area (Å²) in [6.45, 7) is 6.36. The first-order valence-corrected chi connectivity index (χ1v) is 5.42. The van der Waals surface area contributed by atoms with Gasteiger partial charge in [0.2, 0.25) is 0 Å². The van der Waals surface area contributed by atoms with Crippen molar-refractivity contribution in [3.8, 4) is 0 Å². The lowest BCUT2D eigenvalue weighted by Crippen LogP contribution is -2.41. The molecule has 3 nitrogen and oxygen atoms in total. The second-order valence-corrected chi connectivity index (χ2v) is 4.32. The maximum Gasteiger partial charge on any atom is 0.0670 e. The van der Waals surface area contributed by atoms with Crippen LogP contribution in [-0.2, 0) is 0 Å². The van der Waals surface area contributed by atoms with Crippen molar-refractivity contribution in [3.05, 3.63) is 30.1 Å². The number of aromatic nitrogens is 1. The zero-order valence-corrected chi connectivity index (χ0v) is 10.0. The SMILES string of the molecule is CC(N)C(c1ccccn1)N(C)C(C)C. The summed E-state index contributed by atoms with van der Waals surface area (Å²) in [6, 6.07) is 6.69. The van der Waals surface area contributed by atoms with E-state index >= 15 is 0 Å². The fourth-order valence-corrected chi connectivity index (χ4v) is 1.72. The molecule has 2 atom stereocenters. The third-order valence-electron chi connectivity index (χ3n) is 2.74. The molecular formula is C12H21N3. The molecule has 0 radical (unpaired) electrons. The van der Waals surface area contributed by atoms with Crippen LogP contribution >= 0.6 is 0 Å². The van der Waals surface area contributed by atoms with Gasteiger partial charge in [0.15, 0.2) is 0 Å². The van der Waals surface area contributed by atoms with Gasteiger partial charge >= 0.3 is 0 Å². The molecule has 1 heterocycles. The van der Waals surface area contributed by atoms with Gasteiger partial charge in [0.1, 0.15) is 0 Å². The molecule has 15 heavy (non-hydrogen) atoms. The Morgan fingerprint density at radius 1 is 1.27 bits per heavy atom. The van der Waals surface area contributed by atoms with E-state index < -0.39 is 0 Å². The van der Waals surface area contributed by atoms with Gasteiger partial charge in [0, 0.05) is 18.3 Å². The number of pyridine rings is 1. The van der Waals surface area contributed by atoms with Crippen LogP contribution in [0.1, 0.15) is 32.5 Å². The minimum absolute atomic E-state index is 0.0762. The summed E-state index contributed by atoms with van der Waals surface area (Å²) >= 11 is 0. The molecule has 3 heteroatoms. The number of nitrogens with zero attached hydrogens (tertiary/aromatic N) is 2. The molecule has 0 aliphatic rings. The van der Waals surface area contributed by atoms with Crippen molar-refractivity contribution in [1.29, 1.82) is 0 Å². The highest BCUT2D eigenvalue weighted by atomic mass is 15.2. The van der Waals surface area contributed by atoms with Crippen LogP contribution in [0.4, 0.5) is 0 Å². The van der Waals surface area contributed by atoms with Crippen LogP contribution in [0.15, 0.2) is 24.4 Å². The Morgan fingerprint density at radius 3 is 2.33 bits per heavy atom. The minimum Gasteiger partial charge on any atom is -0.326 e. The molecule has 84 valence electrons. The van der Waals surface area contributed by atoms with Gasteiger partial charge in [-0.05, 0) is 40.0 Å². The second kappa shape index (κ2) is 5.24. The van der Waals surface area contributed by atoms with Crippen molar-refractivity contribution >= 4 is 0 Å². The van der Waals surface area contributed by atoms with E-state index in [-0.39, 0.29) is 12.1 Å². The molecule has 0 amide bonds. The van der Waals surface area contributed by atoms with Crippen molar-refractivity contribution in [2.45, 2.75) is 38.9 Å². The van der Waals surface area contributed by atoms with E-state index in [0.717, 1.165) is 5.69 Å². The quantitative estimate of drug-likeness (QED) is 0.818. The zero-order valence-electron chi connectivity index (χ0n) is 10.0. The minimum atomic E-state index is 0.0762. The Kier molecular flexibility index (Phi) is 4.24. The Hall–Kier alpha value is -0.930. The highest BCUT2D eigenvalue weighted by Gasteiger charge is 2.23. The molecule has 1 aromatic rings. The molecule has 2 N–H and O–H groups in total. The number of nitrogens with two attached hydrogens (primary N) is 1. The molecular weight excluding hydrogens is 186 g/mol. The van der Waals surface area contributed by atoms with Crippen LogP contribution in [-0.4, -0.2) is 29.0 Å². The summed E-state index contributed by atoms with van der Waals surface area (Å²) in [7, 11) is 2.09. The first-order chi connectivity index (χ1) is 7.04. The summed E-state index contributed by atoms with van der Waals surface area (Å²) in [4.78, 5) is 6.64. The van der Waals surface area contributed by atoms with Crippen molar-refractivity contribution < 1.29 is 0 Å². The van der Waals surface area contributed by atoms with Crippen LogP contribution in [0.5, 0.6) is 0 Å². The third-order valence-corrected chi connectivity index (χ3v) is 2.74. The lowest BCUT2D eigenvalue weighted by atomic mass is 10.0. The van der Waals surface area contributed by atoms with Crippen LogP contribution in [0.25, 0.3) is 0 Å². The molecule has 0 saturated carbocycles. The van der Waals surface area contributed by atoms with Gasteiger partial charge in [-0.25, -0.2) is 0 Å². The molecule has 0 spiro atoms. The molecule has 1 rings (SSSR count). The number of rotatable bonds is 4. The molecule has 0 aliphatic carbocycles. The van der Waals surface area contributed by atoms with Gasteiger partial charge in [0.25, 0.3) is 0 Å². The monoisotopic (exact) mass is 207 g/mol. The molecule has 2 unspecified atom stereocenters. The lowest BCUT2D eigenvalue weighted by molar-refractivity contribution is 0.172. The smallest absolute Gasteiger partial charge is 0.0670 e. The van der Waals surface area contributed by atoms with Crippen molar-refractivity contribution in [2.75, 3.05) is 7.05 Å². The Balaban J connectivity index is 2.93. The maximum atomic E-state index is 6.03. The van der Waals surface area contributed by atoms with Gasteiger partial charge in [0.05, 0.1) is 11.7 Å². The molecule has 0 bridgehead atoms. The maximum absolute atomic E-state index is 6.03. The number of hydrogen-bond donors (Lipinski definition) is 1. The van der Waals surface area contributed by atoms with Gasteiger partial charge in [-0.2, -0.15) is 0 Å². The lowest BCUT2D eigenvalue weighted by Gasteiger charge is -2.33. The second-order valence-electron chi connectivity index (χ2n) is 4.32. The third kappa shape index (κ3) is 3.01. The van der Waals surface area contributed by atoms with Crippen LogP contribution in [0.2, 0.25) is 0 Å². The summed E-state index contributed by atoms with van der Waals surface area (Å²) in [6.07, 6.45) is 1.82. The van der Waals surface area contributed by atoms with Crippen molar-refractivity contribution in [1.82, 2.24) is 9.88 Å². The molecule has 0 fully saturated rings. The standard InChI is InChI=1S/C12H21N3/c1-9(2)15(4)12(10(3)13)11-7-5-6-8-14-11/h5-10,12H,13H2,1-4H3. The molecule has 0 aromatic carbocycles.